The van der Waals surface area contributed by atoms with Crippen molar-refractivity contribution in [1.82, 2.24) is 19.9 Å². The Kier molecular flexibility index (Phi) is 5.05. The van der Waals surface area contributed by atoms with Gasteiger partial charge in [-0.05, 0) is 36.6 Å². The van der Waals surface area contributed by atoms with Crippen molar-refractivity contribution in [3.05, 3.63) is 74.7 Å². The lowest BCUT2D eigenvalue weighted by Crippen LogP contribution is -2.26. The summed E-state index contributed by atoms with van der Waals surface area (Å²) in [5.74, 6) is 0.989. The number of aryl methyl sites for hydroxylation is 3. The molecule has 0 aliphatic carbocycles. The van der Waals surface area contributed by atoms with Crippen LogP contribution in [0.1, 0.15) is 29.8 Å². The van der Waals surface area contributed by atoms with Crippen LogP contribution >= 0.6 is 11.6 Å². The SMILES string of the molecule is CCc1ccnn(Cc2nc(CCc3ccc(Cl)cc3)no2)c1=O. The predicted molar refractivity (Wildman–Crippen MR) is 90.1 cm³/mol. The van der Waals surface area contributed by atoms with Crippen LogP contribution in [0.2, 0.25) is 5.02 Å². The first-order valence-corrected chi connectivity index (χ1v) is 8.14. The summed E-state index contributed by atoms with van der Waals surface area (Å²) in [5.41, 5.74) is 1.74. The second-order valence-electron chi connectivity index (χ2n) is 5.40. The summed E-state index contributed by atoms with van der Waals surface area (Å²) in [7, 11) is 0. The van der Waals surface area contributed by atoms with E-state index < -0.39 is 0 Å². The molecule has 7 heteroatoms. The van der Waals surface area contributed by atoms with Crippen molar-refractivity contribution in [2.75, 3.05) is 0 Å². The van der Waals surface area contributed by atoms with Crippen LogP contribution in [0.3, 0.4) is 0 Å². The maximum Gasteiger partial charge on any atom is 0.270 e. The molecule has 3 aromatic rings. The lowest BCUT2D eigenvalue weighted by molar-refractivity contribution is 0.358. The highest BCUT2D eigenvalue weighted by atomic mass is 35.5. The maximum atomic E-state index is 12.1. The van der Waals surface area contributed by atoms with Crippen molar-refractivity contribution in [2.24, 2.45) is 0 Å². The van der Waals surface area contributed by atoms with Gasteiger partial charge in [0.2, 0.25) is 5.89 Å². The minimum Gasteiger partial charge on any atom is -0.337 e. The first-order chi connectivity index (χ1) is 11.7. The maximum absolute atomic E-state index is 12.1. The highest BCUT2D eigenvalue weighted by Crippen LogP contribution is 2.11. The van der Waals surface area contributed by atoms with E-state index in [0.717, 1.165) is 12.0 Å². The molecular formula is C17H17ClN4O2. The molecule has 0 N–H and O–H groups in total. The van der Waals surface area contributed by atoms with Crippen LogP contribution in [0.5, 0.6) is 0 Å². The second kappa shape index (κ2) is 7.40. The summed E-state index contributed by atoms with van der Waals surface area (Å²) in [6, 6.07) is 9.39. The Morgan fingerprint density at radius 1 is 1.17 bits per heavy atom. The first-order valence-electron chi connectivity index (χ1n) is 7.76. The molecule has 0 bridgehead atoms. The molecule has 124 valence electrons. The van der Waals surface area contributed by atoms with Crippen LogP contribution in [0.4, 0.5) is 0 Å². The van der Waals surface area contributed by atoms with E-state index in [1.165, 1.54) is 4.68 Å². The summed E-state index contributed by atoms with van der Waals surface area (Å²) in [4.78, 5) is 16.5. The molecule has 0 aliphatic rings. The number of benzene rings is 1. The molecular weight excluding hydrogens is 328 g/mol. The van der Waals surface area contributed by atoms with Gasteiger partial charge in [0.15, 0.2) is 5.82 Å². The molecule has 6 nitrogen and oxygen atoms in total. The van der Waals surface area contributed by atoms with E-state index in [4.69, 9.17) is 16.1 Å². The van der Waals surface area contributed by atoms with E-state index in [-0.39, 0.29) is 12.1 Å². The molecule has 2 heterocycles. The molecule has 0 radical (unpaired) electrons. The van der Waals surface area contributed by atoms with Gasteiger partial charge in [0.1, 0.15) is 6.54 Å². The van der Waals surface area contributed by atoms with E-state index in [2.05, 4.69) is 15.2 Å². The van der Waals surface area contributed by atoms with Crippen molar-refractivity contribution >= 4 is 11.6 Å². The Bertz CT molecular complexity index is 871. The molecule has 3 rings (SSSR count). The minimum absolute atomic E-state index is 0.124. The summed E-state index contributed by atoms with van der Waals surface area (Å²) in [5, 5.41) is 8.73. The van der Waals surface area contributed by atoms with Crippen molar-refractivity contribution < 1.29 is 4.52 Å². The van der Waals surface area contributed by atoms with E-state index in [1.807, 2.05) is 31.2 Å². The summed E-state index contributed by atoms with van der Waals surface area (Å²) in [6.45, 7) is 2.11. The fourth-order valence-electron chi connectivity index (χ4n) is 2.37. The Labute approximate surface area is 144 Å². The van der Waals surface area contributed by atoms with Crippen LogP contribution < -0.4 is 5.56 Å². The topological polar surface area (TPSA) is 73.8 Å². The van der Waals surface area contributed by atoms with Gasteiger partial charge >= 0.3 is 0 Å². The zero-order valence-corrected chi connectivity index (χ0v) is 14.0. The van der Waals surface area contributed by atoms with Crippen LogP contribution in [0.15, 0.2) is 45.8 Å². The third-order valence-corrected chi connectivity index (χ3v) is 3.97. The molecule has 0 amide bonds. The van der Waals surface area contributed by atoms with Gasteiger partial charge in [-0.1, -0.05) is 35.8 Å². The Balaban J connectivity index is 1.65. The number of rotatable bonds is 6. The molecule has 1 aromatic carbocycles. The molecule has 0 fully saturated rings. The molecule has 0 unspecified atom stereocenters. The smallest absolute Gasteiger partial charge is 0.270 e. The monoisotopic (exact) mass is 344 g/mol. The summed E-state index contributed by atoms with van der Waals surface area (Å²) in [6.07, 6.45) is 3.72. The molecule has 0 spiro atoms. The zero-order valence-electron chi connectivity index (χ0n) is 13.3. The van der Waals surface area contributed by atoms with Gasteiger partial charge in [-0.3, -0.25) is 4.79 Å². The van der Waals surface area contributed by atoms with Gasteiger partial charge in [0.05, 0.1) is 0 Å². The summed E-state index contributed by atoms with van der Waals surface area (Å²) < 4.78 is 6.57. The molecule has 0 saturated heterocycles. The molecule has 0 aliphatic heterocycles. The lowest BCUT2D eigenvalue weighted by Gasteiger charge is -2.02. The fourth-order valence-corrected chi connectivity index (χ4v) is 2.49. The molecule has 0 saturated carbocycles. The van der Waals surface area contributed by atoms with Crippen LogP contribution in [-0.2, 0) is 25.8 Å². The van der Waals surface area contributed by atoms with Crippen molar-refractivity contribution in [3.63, 3.8) is 0 Å². The van der Waals surface area contributed by atoms with E-state index in [1.54, 1.807) is 12.3 Å². The van der Waals surface area contributed by atoms with Crippen molar-refractivity contribution in [1.29, 1.82) is 0 Å². The quantitative estimate of drug-likeness (QED) is 0.687. The van der Waals surface area contributed by atoms with E-state index in [0.29, 0.717) is 35.1 Å². The Morgan fingerprint density at radius 3 is 2.71 bits per heavy atom. The van der Waals surface area contributed by atoms with E-state index in [9.17, 15) is 4.79 Å². The first kappa shape index (κ1) is 16.4. The summed E-state index contributed by atoms with van der Waals surface area (Å²) >= 11 is 5.87. The van der Waals surface area contributed by atoms with E-state index >= 15 is 0 Å². The van der Waals surface area contributed by atoms with Gasteiger partial charge in [-0.25, -0.2) is 4.68 Å². The van der Waals surface area contributed by atoms with Gasteiger partial charge in [0, 0.05) is 23.2 Å². The number of hydrogen-bond donors (Lipinski definition) is 0. The third-order valence-electron chi connectivity index (χ3n) is 3.72. The lowest BCUT2D eigenvalue weighted by atomic mass is 10.1. The number of halogens is 1. The van der Waals surface area contributed by atoms with Crippen molar-refractivity contribution in [2.45, 2.75) is 32.7 Å². The number of nitrogens with zero attached hydrogens (tertiary/aromatic N) is 4. The van der Waals surface area contributed by atoms with Gasteiger partial charge < -0.3 is 4.52 Å². The highest BCUT2D eigenvalue weighted by molar-refractivity contribution is 6.30. The van der Waals surface area contributed by atoms with Gasteiger partial charge in [0.25, 0.3) is 5.56 Å². The molecule has 2 aromatic heterocycles. The number of aromatic nitrogens is 4. The van der Waals surface area contributed by atoms with Crippen LogP contribution in [0, 0.1) is 0 Å². The second-order valence-corrected chi connectivity index (χ2v) is 5.84. The third kappa shape index (κ3) is 3.89. The van der Waals surface area contributed by atoms with Crippen molar-refractivity contribution in [3.8, 4) is 0 Å². The van der Waals surface area contributed by atoms with Crippen LogP contribution in [-0.4, -0.2) is 19.9 Å². The average Bonchev–Trinajstić information content (AvgIpc) is 3.04. The fraction of sp³-hybridized carbons (Fsp3) is 0.294. The standard InChI is InChI=1S/C17H17ClN4O2/c1-2-13-9-10-19-22(17(13)23)11-16-20-15(21-24-16)8-5-12-3-6-14(18)7-4-12/h3-4,6-7,9-10H,2,5,8,11H2,1H3. The van der Waals surface area contributed by atoms with Crippen LogP contribution in [0.25, 0.3) is 0 Å². The predicted octanol–water partition coefficient (Wildman–Crippen LogP) is 2.68. The Hall–Kier alpha value is -2.47. The molecule has 24 heavy (non-hydrogen) atoms. The largest absolute Gasteiger partial charge is 0.337 e. The normalized spacial score (nSPS) is 10.9. The number of hydrogen-bond acceptors (Lipinski definition) is 5. The zero-order chi connectivity index (χ0) is 16.9. The van der Waals surface area contributed by atoms with Gasteiger partial charge in [-0.15, -0.1) is 0 Å². The Morgan fingerprint density at radius 2 is 1.96 bits per heavy atom. The average molecular weight is 345 g/mol. The minimum atomic E-state index is -0.124. The molecule has 0 atom stereocenters. The highest BCUT2D eigenvalue weighted by Gasteiger charge is 2.10. The van der Waals surface area contributed by atoms with Gasteiger partial charge in [-0.2, -0.15) is 10.1 Å².